The lowest BCUT2D eigenvalue weighted by Gasteiger charge is -2.25. The summed E-state index contributed by atoms with van der Waals surface area (Å²) in [7, 11) is 0. The number of aromatic nitrogens is 1. The number of thioether (sulfide) groups is 1. The minimum atomic E-state index is 0.389. The van der Waals surface area contributed by atoms with Crippen molar-refractivity contribution in [2.45, 2.75) is 19.8 Å². The van der Waals surface area contributed by atoms with Crippen LogP contribution in [0.5, 0.6) is 0 Å². The highest BCUT2D eigenvalue weighted by Crippen LogP contribution is 2.25. The van der Waals surface area contributed by atoms with Crippen LogP contribution in [0, 0.1) is 16.7 Å². The first-order valence-corrected chi connectivity index (χ1v) is 9.23. The van der Waals surface area contributed by atoms with Gasteiger partial charge in [-0.05, 0) is 50.4 Å². The fourth-order valence-electron chi connectivity index (χ4n) is 3.00. The van der Waals surface area contributed by atoms with Gasteiger partial charge in [-0.2, -0.15) is 0 Å². The standard InChI is InChI=1S/C19H23N5S/c1-12(14-5-7-22-8-6-14)24-18-10-17-9-15(19(21)25-13(2)20)3-4-16(17)11-23-18/h3-4,9-11,14,20-22H,1,5-8H2,2H3,(H,23,24). The van der Waals surface area contributed by atoms with Crippen LogP contribution >= 0.6 is 11.8 Å². The number of nitrogens with one attached hydrogen (secondary N) is 4. The average molecular weight is 353 g/mol. The summed E-state index contributed by atoms with van der Waals surface area (Å²) in [5.74, 6) is 1.26. The van der Waals surface area contributed by atoms with E-state index in [9.17, 15) is 0 Å². The van der Waals surface area contributed by atoms with Crippen LogP contribution in [-0.2, 0) is 0 Å². The highest BCUT2D eigenvalue weighted by Gasteiger charge is 2.16. The third kappa shape index (κ3) is 4.46. The Morgan fingerprint density at radius 1 is 1.24 bits per heavy atom. The Kier molecular flexibility index (Phi) is 5.50. The molecule has 0 unspecified atom stereocenters. The van der Waals surface area contributed by atoms with Gasteiger partial charge in [0.2, 0.25) is 0 Å². The number of hydrogen-bond acceptors (Lipinski definition) is 6. The summed E-state index contributed by atoms with van der Waals surface area (Å²) in [6.07, 6.45) is 4.04. The second-order valence-corrected chi connectivity index (χ2v) is 7.52. The first-order chi connectivity index (χ1) is 12.0. The lowest BCUT2D eigenvalue weighted by molar-refractivity contribution is 0.422. The second-order valence-electron chi connectivity index (χ2n) is 6.29. The number of benzene rings is 1. The van der Waals surface area contributed by atoms with Crippen molar-refractivity contribution in [3.63, 3.8) is 0 Å². The monoisotopic (exact) mass is 353 g/mol. The Morgan fingerprint density at radius 2 is 2.00 bits per heavy atom. The first-order valence-electron chi connectivity index (χ1n) is 8.41. The molecule has 1 aromatic heterocycles. The molecule has 2 heterocycles. The maximum Gasteiger partial charge on any atom is 0.130 e. The predicted octanol–water partition coefficient (Wildman–Crippen LogP) is 4.22. The van der Waals surface area contributed by atoms with E-state index < -0.39 is 0 Å². The Hall–Kier alpha value is -2.18. The fourth-order valence-corrected chi connectivity index (χ4v) is 3.55. The zero-order valence-corrected chi connectivity index (χ0v) is 15.2. The van der Waals surface area contributed by atoms with Crippen LogP contribution in [0.25, 0.3) is 10.8 Å². The molecule has 3 rings (SSSR count). The van der Waals surface area contributed by atoms with Crippen molar-refractivity contribution in [1.82, 2.24) is 10.3 Å². The molecule has 0 saturated carbocycles. The van der Waals surface area contributed by atoms with Crippen molar-refractivity contribution in [1.29, 1.82) is 10.8 Å². The van der Waals surface area contributed by atoms with Crippen LogP contribution in [0.15, 0.2) is 42.7 Å². The Morgan fingerprint density at radius 3 is 2.72 bits per heavy atom. The highest BCUT2D eigenvalue weighted by atomic mass is 32.2. The van der Waals surface area contributed by atoms with E-state index in [2.05, 4.69) is 22.2 Å². The number of nitrogens with zero attached hydrogens (tertiary/aromatic N) is 1. The van der Waals surface area contributed by atoms with Gasteiger partial charge in [-0.1, -0.05) is 30.5 Å². The van der Waals surface area contributed by atoms with Gasteiger partial charge < -0.3 is 10.6 Å². The number of piperidine rings is 1. The van der Waals surface area contributed by atoms with Gasteiger partial charge in [0.05, 0.1) is 5.04 Å². The van der Waals surface area contributed by atoms with E-state index >= 15 is 0 Å². The topological polar surface area (TPSA) is 84.7 Å². The van der Waals surface area contributed by atoms with E-state index in [1.807, 2.05) is 30.5 Å². The molecule has 2 aromatic rings. The largest absolute Gasteiger partial charge is 0.344 e. The van der Waals surface area contributed by atoms with Crippen molar-refractivity contribution in [3.05, 3.63) is 48.3 Å². The lowest BCUT2D eigenvalue weighted by atomic mass is 9.95. The van der Waals surface area contributed by atoms with E-state index in [4.69, 9.17) is 10.8 Å². The van der Waals surface area contributed by atoms with Crippen molar-refractivity contribution >= 4 is 38.4 Å². The van der Waals surface area contributed by atoms with E-state index in [1.54, 1.807) is 6.92 Å². The maximum atomic E-state index is 8.11. The van der Waals surface area contributed by atoms with Crippen molar-refractivity contribution in [2.24, 2.45) is 5.92 Å². The quantitative estimate of drug-likeness (QED) is 0.490. The molecule has 1 aliphatic heterocycles. The molecule has 4 N–H and O–H groups in total. The van der Waals surface area contributed by atoms with Crippen LogP contribution in [0.4, 0.5) is 5.82 Å². The summed E-state index contributed by atoms with van der Waals surface area (Å²) in [5.41, 5.74) is 1.84. The van der Waals surface area contributed by atoms with Gasteiger partial charge >= 0.3 is 0 Å². The molecule has 0 amide bonds. The number of pyridine rings is 1. The maximum absolute atomic E-state index is 8.11. The molecule has 130 valence electrons. The summed E-state index contributed by atoms with van der Waals surface area (Å²) < 4.78 is 0. The van der Waals surface area contributed by atoms with Gasteiger partial charge in [-0.3, -0.25) is 10.8 Å². The summed E-state index contributed by atoms with van der Waals surface area (Å²) in [6, 6.07) is 7.86. The second kappa shape index (κ2) is 7.80. The van der Waals surface area contributed by atoms with E-state index in [-0.39, 0.29) is 0 Å². The molecule has 0 bridgehead atoms. The van der Waals surface area contributed by atoms with E-state index in [1.165, 1.54) is 11.8 Å². The number of allylic oxidation sites excluding steroid dienone is 1. The molecule has 0 atom stereocenters. The molecule has 1 aliphatic rings. The minimum absolute atomic E-state index is 0.389. The van der Waals surface area contributed by atoms with Crippen LogP contribution in [0.2, 0.25) is 0 Å². The third-order valence-corrected chi connectivity index (χ3v) is 5.11. The Bertz CT molecular complexity index is 824. The van der Waals surface area contributed by atoms with Crippen LogP contribution < -0.4 is 10.6 Å². The zero-order chi connectivity index (χ0) is 17.8. The van der Waals surface area contributed by atoms with Crippen molar-refractivity contribution in [3.8, 4) is 0 Å². The van der Waals surface area contributed by atoms with Gasteiger partial charge in [0.1, 0.15) is 10.9 Å². The molecular formula is C19H23N5S. The van der Waals surface area contributed by atoms with Crippen LogP contribution in [0.1, 0.15) is 25.3 Å². The molecule has 6 heteroatoms. The Balaban J connectivity index is 1.79. The predicted molar refractivity (Wildman–Crippen MR) is 108 cm³/mol. The first kappa shape index (κ1) is 17.6. The van der Waals surface area contributed by atoms with Gasteiger partial charge in [0.15, 0.2) is 0 Å². The van der Waals surface area contributed by atoms with E-state index in [0.29, 0.717) is 16.0 Å². The van der Waals surface area contributed by atoms with E-state index in [0.717, 1.165) is 53.8 Å². The van der Waals surface area contributed by atoms with Gasteiger partial charge in [-0.15, -0.1) is 0 Å². The van der Waals surface area contributed by atoms with Crippen LogP contribution in [-0.4, -0.2) is 28.2 Å². The third-order valence-electron chi connectivity index (χ3n) is 4.36. The lowest BCUT2D eigenvalue weighted by Crippen LogP contribution is -2.30. The summed E-state index contributed by atoms with van der Waals surface area (Å²) >= 11 is 1.17. The van der Waals surface area contributed by atoms with Gasteiger partial charge in [0.25, 0.3) is 0 Å². The number of anilines is 1. The molecular weight excluding hydrogens is 330 g/mol. The molecule has 1 aromatic carbocycles. The molecule has 0 spiro atoms. The normalized spacial score (nSPS) is 15.1. The van der Waals surface area contributed by atoms with Gasteiger partial charge in [-0.25, -0.2) is 4.98 Å². The number of rotatable bonds is 4. The minimum Gasteiger partial charge on any atom is -0.344 e. The molecule has 0 aliphatic carbocycles. The summed E-state index contributed by atoms with van der Waals surface area (Å²) in [5, 5.41) is 25.2. The SMILES string of the molecule is C=C(Nc1cc2cc(C(=N)SC(C)=N)ccc2cn1)C1CCNCC1. The smallest absolute Gasteiger partial charge is 0.130 e. The Labute approximate surface area is 152 Å². The molecule has 25 heavy (non-hydrogen) atoms. The van der Waals surface area contributed by atoms with Gasteiger partial charge in [0, 0.05) is 28.8 Å². The number of hydrogen-bond donors (Lipinski definition) is 4. The fraction of sp³-hybridized carbons (Fsp3) is 0.316. The summed E-state index contributed by atoms with van der Waals surface area (Å²) in [6.45, 7) is 7.95. The molecule has 5 nitrogen and oxygen atoms in total. The summed E-state index contributed by atoms with van der Waals surface area (Å²) in [4.78, 5) is 4.48. The average Bonchev–Trinajstić information content (AvgIpc) is 2.61. The molecule has 1 saturated heterocycles. The number of fused-ring (bicyclic) bond motifs is 1. The van der Waals surface area contributed by atoms with Crippen LogP contribution in [0.3, 0.4) is 0 Å². The molecule has 1 fully saturated rings. The molecule has 0 radical (unpaired) electrons. The van der Waals surface area contributed by atoms with Crippen molar-refractivity contribution < 1.29 is 0 Å². The highest BCUT2D eigenvalue weighted by molar-refractivity contribution is 8.26. The van der Waals surface area contributed by atoms with Crippen molar-refractivity contribution in [2.75, 3.05) is 18.4 Å². The zero-order valence-electron chi connectivity index (χ0n) is 14.4.